The van der Waals surface area contributed by atoms with E-state index in [0.717, 1.165) is 56.7 Å². The number of likely N-dealkylation sites (tertiary alicyclic amines) is 1. The summed E-state index contributed by atoms with van der Waals surface area (Å²) in [5.74, 6) is 0.170. The van der Waals surface area contributed by atoms with Gasteiger partial charge in [0.05, 0.1) is 12.7 Å². The average Bonchev–Trinajstić information content (AvgIpc) is 3.04. The second-order valence-corrected chi connectivity index (χ2v) is 6.51. The van der Waals surface area contributed by atoms with Gasteiger partial charge in [-0.15, -0.1) is 0 Å². The van der Waals surface area contributed by atoms with Crippen molar-refractivity contribution in [3.8, 4) is 0 Å². The Kier molecular flexibility index (Phi) is 5.64. The maximum Gasteiger partial charge on any atom is 0.253 e. The zero-order chi connectivity index (χ0) is 16.8. The summed E-state index contributed by atoms with van der Waals surface area (Å²) in [6.07, 6.45) is 7.40. The van der Waals surface area contributed by atoms with Gasteiger partial charge >= 0.3 is 0 Å². The predicted octanol–water partition coefficient (Wildman–Crippen LogP) is 2.61. The van der Waals surface area contributed by atoms with Crippen molar-refractivity contribution in [2.24, 2.45) is 0 Å². The Hall–Kier alpha value is -2.14. The molecule has 5 nitrogen and oxygen atoms in total. The highest BCUT2D eigenvalue weighted by Gasteiger charge is 2.18. The number of rotatable bonds is 6. The molecule has 0 spiro atoms. The molecule has 5 heteroatoms. The summed E-state index contributed by atoms with van der Waals surface area (Å²) in [5.41, 5.74) is 3.13. The number of hydrogen-bond acceptors (Lipinski definition) is 3. The quantitative estimate of drug-likeness (QED) is 0.830. The molecule has 0 aliphatic carbocycles. The summed E-state index contributed by atoms with van der Waals surface area (Å²) in [5, 5.41) is 7.70. The van der Waals surface area contributed by atoms with Crippen LogP contribution in [0.4, 0.5) is 0 Å². The van der Waals surface area contributed by atoms with Crippen molar-refractivity contribution in [2.45, 2.75) is 39.3 Å². The van der Waals surface area contributed by atoms with E-state index in [2.05, 4.69) is 16.5 Å². The number of aryl methyl sites for hydroxylation is 1. The topological polar surface area (TPSA) is 50.2 Å². The number of nitrogens with one attached hydrogen (secondary N) is 1. The molecule has 0 unspecified atom stereocenters. The summed E-state index contributed by atoms with van der Waals surface area (Å²) in [7, 11) is 0. The molecule has 128 valence electrons. The van der Waals surface area contributed by atoms with Crippen LogP contribution in [-0.4, -0.2) is 40.2 Å². The number of hydrogen-bond donors (Lipinski definition) is 1. The first kappa shape index (κ1) is 16.7. The van der Waals surface area contributed by atoms with E-state index in [1.54, 1.807) is 0 Å². The van der Waals surface area contributed by atoms with Gasteiger partial charge in [0.1, 0.15) is 0 Å². The molecule has 1 saturated heterocycles. The third-order valence-corrected chi connectivity index (χ3v) is 4.43. The Labute approximate surface area is 143 Å². The molecule has 1 aromatic carbocycles. The van der Waals surface area contributed by atoms with E-state index in [1.165, 1.54) is 12.0 Å². The first-order valence-corrected chi connectivity index (χ1v) is 8.80. The van der Waals surface area contributed by atoms with Crippen molar-refractivity contribution >= 4 is 5.91 Å². The summed E-state index contributed by atoms with van der Waals surface area (Å²) in [4.78, 5) is 14.5. The molecular formula is C19H26N4O. The number of amides is 1. The molecule has 1 aromatic heterocycles. The van der Waals surface area contributed by atoms with E-state index >= 15 is 0 Å². The lowest BCUT2D eigenvalue weighted by Gasteiger charge is -2.26. The predicted molar refractivity (Wildman–Crippen MR) is 94.9 cm³/mol. The van der Waals surface area contributed by atoms with Gasteiger partial charge in [-0.3, -0.25) is 9.48 Å². The molecule has 2 aromatic rings. The highest BCUT2D eigenvalue weighted by Crippen LogP contribution is 2.14. The zero-order valence-corrected chi connectivity index (χ0v) is 14.4. The van der Waals surface area contributed by atoms with Crippen LogP contribution in [0.2, 0.25) is 0 Å². The van der Waals surface area contributed by atoms with Gasteiger partial charge in [0.15, 0.2) is 0 Å². The van der Waals surface area contributed by atoms with Gasteiger partial charge in [-0.1, -0.05) is 12.1 Å². The van der Waals surface area contributed by atoms with Gasteiger partial charge in [0.2, 0.25) is 0 Å². The SMILES string of the molecule is Cc1cnn(CCNCc2cccc(C(=O)N3CCCCC3)c2)c1. The Bertz CT molecular complexity index is 674. The Morgan fingerprint density at radius 3 is 2.83 bits per heavy atom. The number of piperidine rings is 1. The molecule has 1 fully saturated rings. The second-order valence-electron chi connectivity index (χ2n) is 6.51. The minimum absolute atomic E-state index is 0.170. The first-order chi connectivity index (χ1) is 11.7. The lowest BCUT2D eigenvalue weighted by atomic mass is 10.1. The molecule has 0 radical (unpaired) electrons. The molecule has 0 saturated carbocycles. The van der Waals surface area contributed by atoms with Crippen LogP contribution in [0.5, 0.6) is 0 Å². The number of benzene rings is 1. The van der Waals surface area contributed by atoms with Crippen LogP contribution in [0.1, 0.15) is 40.7 Å². The summed E-state index contributed by atoms with van der Waals surface area (Å²) in [6, 6.07) is 7.98. The lowest BCUT2D eigenvalue weighted by molar-refractivity contribution is 0.0724. The van der Waals surface area contributed by atoms with Crippen LogP contribution in [0.3, 0.4) is 0 Å². The van der Waals surface area contributed by atoms with Crippen LogP contribution in [0, 0.1) is 6.92 Å². The van der Waals surface area contributed by atoms with Crippen molar-refractivity contribution in [3.63, 3.8) is 0 Å². The van der Waals surface area contributed by atoms with Gasteiger partial charge in [-0.2, -0.15) is 5.10 Å². The smallest absolute Gasteiger partial charge is 0.253 e. The Balaban J connectivity index is 1.50. The van der Waals surface area contributed by atoms with E-state index in [-0.39, 0.29) is 5.91 Å². The monoisotopic (exact) mass is 326 g/mol. The van der Waals surface area contributed by atoms with Crippen LogP contribution < -0.4 is 5.32 Å². The molecule has 1 N–H and O–H groups in total. The second kappa shape index (κ2) is 8.11. The van der Waals surface area contributed by atoms with Gasteiger partial charge < -0.3 is 10.2 Å². The van der Waals surface area contributed by atoms with E-state index in [4.69, 9.17) is 0 Å². The van der Waals surface area contributed by atoms with Crippen LogP contribution in [-0.2, 0) is 13.1 Å². The minimum atomic E-state index is 0.170. The summed E-state index contributed by atoms with van der Waals surface area (Å²) < 4.78 is 1.94. The van der Waals surface area contributed by atoms with Crippen molar-refractivity contribution < 1.29 is 4.79 Å². The standard InChI is InChI=1S/C19H26N4O/c1-16-13-21-23(15-16)11-8-20-14-17-6-5-7-18(12-17)19(24)22-9-3-2-4-10-22/h5-7,12-13,15,20H,2-4,8-11,14H2,1H3. The number of nitrogens with zero attached hydrogens (tertiary/aromatic N) is 3. The molecule has 1 aliphatic rings. The summed E-state index contributed by atoms with van der Waals surface area (Å²) >= 11 is 0. The van der Waals surface area contributed by atoms with Gasteiger partial charge in [-0.05, 0) is 49.4 Å². The molecule has 0 atom stereocenters. The zero-order valence-electron chi connectivity index (χ0n) is 14.4. The molecule has 1 amide bonds. The average molecular weight is 326 g/mol. The fourth-order valence-electron chi connectivity index (χ4n) is 3.11. The van der Waals surface area contributed by atoms with Crippen LogP contribution >= 0.6 is 0 Å². The van der Waals surface area contributed by atoms with Gasteiger partial charge in [0, 0.05) is 37.9 Å². The largest absolute Gasteiger partial charge is 0.339 e. The lowest BCUT2D eigenvalue weighted by Crippen LogP contribution is -2.35. The van der Waals surface area contributed by atoms with E-state index in [9.17, 15) is 4.79 Å². The molecule has 3 rings (SSSR count). The highest BCUT2D eigenvalue weighted by atomic mass is 16.2. The van der Waals surface area contributed by atoms with Crippen molar-refractivity contribution in [1.82, 2.24) is 20.0 Å². The molecular weight excluding hydrogens is 300 g/mol. The fourth-order valence-corrected chi connectivity index (χ4v) is 3.11. The number of carbonyl (C=O) groups is 1. The fraction of sp³-hybridized carbons (Fsp3) is 0.474. The number of carbonyl (C=O) groups excluding carboxylic acids is 1. The van der Waals surface area contributed by atoms with E-state index < -0.39 is 0 Å². The number of aromatic nitrogens is 2. The normalized spacial score (nSPS) is 14.8. The van der Waals surface area contributed by atoms with E-state index in [1.807, 2.05) is 47.1 Å². The molecule has 24 heavy (non-hydrogen) atoms. The summed E-state index contributed by atoms with van der Waals surface area (Å²) in [6.45, 7) is 6.30. The minimum Gasteiger partial charge on any atom is -0.339 e. The third-order valence-electron chi connectivity index (χ3n) is 4.43. The van der Waals surface area contributed by atoms with E-state index in [0.29, 0.717) is 0 Å². The highest BCUT2D eigenvalue weighted by molar-refractivity contribution is 5.94. The Morgan fingerprint density at radius 1 is 1.25 bits per heavy atom. The maximum atomic E-state index is 12.6. The van der Waals surface area contributed by atoms with Gasteiger partial charge in [0.25, 0.3) is 5.91 Å². The molecule has 2 heterocycles. The van der Waals surface area contributed by atoms with Crippen LogP contribution in [0.25, 0.3) is 0 Å². The maximum absolute atomic E-state index is 12.6. The third kappa shape index (κ3) is 4.45. The van der Waals surface area contributed by atoms with Gasteiger partial charge in [-0.25, -0.2) is 0 Å². The van der Waals surface area contributed by atoms with Crippen molar-refractivity contribution in [1.29, 1.82) is 0 Å². The van der Waals surface area contributed by atoms with Crippen molar-refractivity contribution in [2.75, 3.05) is 19.6 Å². The first-order valence-electron chi connectivity index (χ1n) is 8.80. The molecule has 1 aliphatic heterocycles. The van der Waals surface area contributed by atoms with Crippen molar-refractivity contribution in [3.05, 3.63) is 53.3 Å². The molecule has 0 bridgehead atoms. The van der Waals surface area contributed by atoms with Crippen LogP contribution in [0.15, 0.2) is 36.7 Å². The Morgan fingerprint density at radius 2 is 2.08 bits per heavy atom.